The molecular formula is C15H16F3N7O5. The highest BCUT2D eigenvalue weighted by Crippen LogP contribution is 2.30. The largest absolute Gasteiger partial charge is 0.573 e. The first-order chi connectivity index (χ1) is 14.2. The predicted octanol–water partition coefficient (Wildman–Crippen LogP) is 0.675. The average molecular weight is 431 g/mol. The van der Waals surface area contributed by atoms with Gasteiger partial charge in [-0.05, 0) is 5.53 Å². The van der Waals surface area contributed by atoms with Gasteiger partial charge in [-0.2, -0.15) is 4.98 Å². The van der Waals surface area contributed by atoms with Crippen LogP contribution in [0.4, 0.5) is 19.0 Å². The zero-order chi connectivity index (χ0) is 22.1. The number of aromatic nitrogens is 2. The lowest BCUT2D eigenvalue weighted by molar-refractivity contribution is -0.280. The number of nitrogens with zero attached hydrogens (tertiary/aromatic N) is 6. The molecule has 1 aliphatic rings. The van der Waals surface area contributed by atoms with Crippen LogP contribution in [0.15, 0.2) is 21.1 Å². The fraction of sp³-hybridized carbons (Fsp3) is 0.533. The molecule has 15 heteroatoms. The minimum absolute atomic E-state index is 0.115. The monoisotopic (exact) mass is 431 g/mol. The number of nitrogens with two attached hydrogens (primary N) is 1. The zero-order valence-corrected chi connectivity index (χ0v) is 15.2. The third-order valence-electron chi connectivity index (χ3n) is 3.72. The second-order valence-electron chi connectivity index (χ2n) is 5.65. The molecule has 0 aromatic carbocycles. The number of aliphatic hydroxyl groups excluding tert-OH is 1. The van der Waals surface area contributed by atoms with Crippen LogP contribution in [-0.4, -0.2) is 59.5 Å². The van der Waals surface area contributed by atoms with Crippen molar-refractivity contribution in [1.29, 1.82) is 0 Å². The molecule has 3 N–H and O–H groups in total. The van der Waals surface area contributed by atoms with E-state index in [-0.39, 0.29) is 37.5 Å². The molecule has 0 aliphatic carbocycles. The van der Waals surface area contributed by atoms with Gasteiger partial charge >= 0.3 is 12.1 Å². The van der Waals surface area contributed by atoms with Gasteiger partial charge in [-0.1, -0.05) is 17.0 Å². The predicted molar refractivity (Wildman–Crippen MR) is 94.8 cm³/mol. The summed E-state index contributed by atoms with van der Waals surface area (Å²) in [6, 6.07) is 0. The van der Waals surface area contributed by atoms with Gasteiger partial charge in [0, 0.05) is 17.5 Å². The average Bonchev–Trinajstić information content (AvgIpc) is 3.08. The van der Waals surface area contributed by atoms with Crippen LogP contribution >= 0.6 is 0 Å². The van der Waals surface area contributed by atoms with E-state index in [9.17, 15) is 23.1 Å². The molecule has 2 heterocycles. The Morgan fingerprint density at radius 3 is 3.00 bits per heavy atom. The van der Waals surface area contributed by atoms with Crippen molar-refractivity contribution in [2.45, 2.75) is 31.2 Å². The van der Waals surface area contributed by atoms with Gasteiger partial charge in [0.1, 0.15) is 31.4 Å². The Bertz CT molecular complexity index is 933. The molecule has 162 valence electrons. The number of hydrogen-bond donors (Lipinski definition) is 2. The number of nitrogen functional groups attached to an aromatic ring is 1. The van der Waals surface area contributed by atoms with Crippen molar-refractivity contribution in [2.24, 2.45) is 10.1 Å². The number of alkyl halides is 3. The standard InChI is InChI=1S/C15H16F3N7O5/c16-15(17,18)29-7-21-3-1-2-9-5-25(14(27)23-13(9)19)12-4-10(11(6-26)30-12)28-8-22-24-20/h5,7,10-12,26H,3-4,6,8H2,(H2,19,23,27)/b21-7-. The number of halogens is 3. The molecule has 1 fully saturated rings. The van der Waals surface area contributed by atoms with Crippen LogP contribution in [0.5, 0.6) is 0 Å². The van der Waals surface area contributed by atoms with Crippen molar-refractivity contribution < 1.29 is 32.5 Å². The molecule has 1 aromatic heterocycles. The molecule has 0 amide bonds. The van der Waals surface area contributed by atoms with Gasteiger partial charge in [-0.15, -0.1) is 13.2 Å². The Balaban J connectivity index is 2.12. The molecule has 3 unspecified atom stereocenters. The lowest BCUT2D eigenvalue weighted by atomic mass is 10.2. The Morgan fingerprint density at radius 1 is 1.57 bits per heavy atom. The summed E-state index contributed by atoms with van der Waals surface area (Å²) >= 11 is 0. The minimum Gasteiger partial charge on any atom is -0.395 e. The highest BCUT2D eigenvalue weighted by molar-refractivity contribution is 5.50. The van der Waals surface area contributed by atoms with Crippen molar-refractivity contribution in [3.8, 4) is 11.8 Å². The first kappa shape index (κ1) is 23.0. The van der Waals surface area contributed by atoms with E-state index in [2.05, 4.69) is 36.6 Å². The number of anilines is 1. The summed E-state index contributed by atoms with van der Waals surface area (Å²) in [5.41, 5.74) is 13.3. The Morgan fingerprint density at radius 2 is 2.33 bits per heavy atom. The second kappa shape index (κ2) is 10.5. The number of azide groups is 1. The van der Waals surface area contributed by atoms with E-state index in [1.165, 1.54) is 6.20 Å². The van der Waals surface area contributed by atoms with Gasteiger partial charge in [0.2, 0.25) is 0 Å². The van der Waals surface area contributed by atoms with Crippen molar-refractivity contribution >= 4 is 12.2 Å². The van der Waals surface area contributed by atoms with Crippen molar-refractivity contribution in [3.63, 3.8) is 0 Å². The number of aliphatic hydroxyl groups is 1. The molecule has 30 heavy (non-hydrogen) atoms. The molecular weight excluding hydrogens is 415 g/mol. The topological polar surface area (TPSA) is 170 Å². The first-order valence-electron chi connectivity index (χ1n) is 8.24. The molecule has 1 aromatic rings. The summed E-state index contributed by atoms with van der Waals surface area (Å²) in [6.07, 6.45) is -5.49. The molecule has 0 saturated carbocycles. The summed E-state index contributed by atoms with van der Waals surface area (Å²) in [5, 5.41) is 12.7. The molecule has 12 nitrogen and oxygen atoms in total. The van der Waals surface area contributed by atoms with E-state index in [0.29, 0.717) is 0 Å². The first-order valence-corrected chi connectivity index (χ1v) is 8.24. The molecule has 3 atom stereocenters. The maximum atomic E-state index is 12.2. The van der Waals surface area contributed by atoms with Crippen LogP contribution in [0.3, 0.4) is 0 Å². The van der Waals surface area contributed by atoms with Crippen molar-refractivity contribution in [2.75, 3.05) is 25.6 Å². The Labute approximate surface area is 166 Å². The van der Waals surface area contributed by atoms with E-state index in [4.69, 9.17) is 20.7 Å². The Kier molecular flexibility index (Phi) is 8.01. The molecule has 0 radical (unpaired) electrons. The van der Waals surface area contributed by atoms with E-state index >= 15 is 0 Å². The van der Waals surface area contributed by atoms with Crippen molar-refractivity contribution in [3.05, 3.63) is 32.7 Å². The zero-order valence-electron chi connectivity index (χ0n) is 15.2. The fourth-order valence-electron chi connectivity index (χ4n) is 2.46. The summed E-state index contributed by atoms with van der Waals surface area (Å²) in [7, 11) is 0. The van der Waals surface area contributed by atoms with Crippen LogP contribution in [0.2, 0.25) is 0 Å². The Hall–Kier alpha value is -3.31. The van der Waals surface area contributed by atoms with Crippen LogP contribution in [-0.2, 0) is 14.2 Å². The van der Waals surface area contributed by atoms with E-state index in [1.54, 1.807) is 0 Å². The van der Waals surface area contributed by atoms with Gasteiger partial charge in [0.05, 0.1) is 18.3 Å². The summed E-state index contributed by atoms with van der Waals surface area (Å²) in [6.45, 7) is -1.01. The maximum Gasteiger partial charge on any atom is 0.573 e. The summed E-state index contributed by atoms with van der Waals surface area (Å²) < 4.78 is 50.8. The van der Waals surface area contributed by atoms with Crippen LogP contribution in [0, 0.1) is 11.8 Å². The van der Waals surface area contributed by atoms with Crippen LogP contribution < -0.4 is 11.4 Å². The van der Waals surface area contributed by atoms with Crippen LogP contribution in [0.1, 0.15) is 18.2 Å². The number of hydrogen-bond acceptors (Lipinski definition) is 9. The van der Waals surface area contributed by atoms with Crippen LogP contribution in [0.25, 0.3) is 10.4 Å². The maximum absolute atomic E-state index is 12.2. The third-order valence-corrected chi connectivity index (χ3v) is 3.72. The van der Waals surface area contributed by atoms with E-state index < -0.39 is 37.1 Å². The highest BCUT2D eigenvalue weighted by atomic mass is 19.4. The second-order valence-corrected chi connectivity index (χ2v) is 5.65. The van der Waals surface area contributed by atoms with Gasteiger partial charge in [-0.25, -0.2) is 9.79 Å². The van der Waals surface area contributed by atoms with Gasteiger partial charge in [-0.3, -0.25) is 4.57 Å². The van der Waals surface area contributed by atoms with Gasteiger partial charge < -0.3 is 25.1 Å². The van der Waals surface area contributed by atoms with Gasteiger partial charge in [0.15, 0.2) is 6.40 Å². The number of rotatable bonds is 7. The number of ether oxygens (including phenoxy) is 3. The lowest BCUT2D eigenvalue weighted by Gasteiger charge is -2.15. The minimum atomic E-state index is -4.84. The quantitative estimate of drug-likeness (QED) is 0.160. The lowest BCUT2D eigenvalue weighted by Crippen LogP contribution is -2.29. The van der Waals surface area contributed by atoms with Gasteiger partial charge in [0.25, 0.3) is 0 Å². The molecule has 1 aliphatic heterocycles. The number of aliphatic imine (C=N–C) groups is 1. The SMILES string of the molecule is [N-]=[N+]=NCOC1CC(n2cc(C#CC/N=C\OC(F)(F)F)c(N)nc2=O)OC1CO. The molecule has 0 bridgehead atoms. The summed E-state index contributed by atoms with van der Waals surface area (Å²) in [5.74, 6) is 4.80. The molecule has 1 saturated heterocycles. The summed E-state index contributed by atoms with van der Waals surface area (Å²) in [4.78, 5) is 21.7. The van der Waals surface area contributed by atoms with E-state index in [0.717, 1.165) is 4.57 Å². The molecule has 0 spiro atoms. The highest BCUT2D eigenvalue weighted by Gasteiger charge is 2.37. The van der Waals surface area contributed by atoms with Crippen molar-refractivity contribution in [1.82, 2.24) is 9.55 Å². The molecule has 2 rings (SSSR count). The fourth-order valence-corrected chi connectivity index (χ4v) is 2.46. The smallest absolute Gasteiger partial charge is 0.395 e. The third kappa shape index (κ3) is 6.64. The van der Waals surface area contributed by atoms with E-state index in [1.807, 2.05) is 0 Å². The normalized spacial score (nSPS) is 21.1.